The number of nitrogens with zero attached hydrogens (tertiary/aromatic N) is 1. The van der Waals surface area contributed by atoms with Gasteiger partial charge in [-0.3, -0.25) is 10.2 Å². The number of aliphatic hydroxyl groups is 1. The lowest BCUT2D eigenvalue weighted by molar-refractivity contribution is 0.00319. The fourth-order valence-electron chi connectivity index (χ4n) is 2.64. The largest absolute Gasteiger partial charge is 0.478 e. The summed E-state index contributed by atoms with van der Waals surface area (Å²) >= 11 is 0. The minimum atomic E-state index is -0.0550. The maximum Gasteiger partial charge on any atom is 0.142 e. The van der Waals surface area contributed by atoms with Gasteiger partial charge in [-0.1, -0.05) is 18.2 Å². The maximum absolute atomic E-state index is 9.05. The summed E-state index contributed by atoms with van der Waals surface area (Å²) in [5.74, 6) is 1.01. The van der Waals surface area contributed by atoms with E-state index in [0.717, 1.165) is 25.1 Å². The van der Waals surface area contributed by atoms with E-state index < -0.39 is 0 Å². The number of ether oxygens (including phenoxy) is 1. The van der Waals surface area contributed by atoms with E-state index in [0.29, 0.717) is 6.73 Å². The number of hydrogen-bond acceptors (Lipinski definition) is 4. The zero-order valence-corrected chi connectivity index (χ0v) is 13.6. The zero-order chi connectivity index (χ0) is 15.5. The molecule has 1 aromatic carbocycles. The van der Waals surface area contributed by atoms with Crippen LogP contribution >= 0.6 is 0 Å². The lowest BCUT2D eigenvalue weighted by Crippen LogP contribution is -2.49. The molecule has 21 heavy (non-hydrogen) atoms. The first-order chi connectivity index (χ1) is 9.84. The Labute approximate surface area is 128 Å². The third kappa shape index (κ3) is 4.19. The molecule has 0 amide bonds. The molecule has 0 saturated carbocycles. The number of fused-ring (bicyclic) bond motifs is 1. The van der Waals surface area contributed by atoms with Gasteiger partial charge in [-0.05, 0) is 46.6 Å². The smallest absolute Gasteiger partial charge is 0.142 e. The van der Waals surface area contributed by atoms with Gasteiger partial charge in [-0.2, -0.15) is 0 Å². The highest BCUT2D eigenvalue weighted by Gasteiger charge is 2.32. The summed E-state index contributed by atoms with van der Waals surface area (Å²) in [4.78, 5) is 2.38. The molecule has 1 aliphatic heterocycles. The number of para-hydroxylation sites is 1. The Morgan fingerprint density at radius 3 is 2.62 bits per heavy atom. The van der Waals surface area contributed by atoms with Crippen molar-refractivity contribution in [3.8, 4) is 5.75 Å². The van der Waals surface area contributed by atoms with Crippen LogP contribution in [0.3, 0.4) is 0 Å². The Kier molecular flexibility index (Phi) is 4.91. The van der Waals surface area contributed by atoms with Crippen LogP contribution in [0.25, 0.3) is 0 Å². The third-order valence-electron chi connectivity index (χ3n) is 4.49. The van der Waals surface area contributed by atoms with Crippen LogP contribution in [-0.4, -0.2) is 34.5 Å². The molecule has 0 bridgehead atoms. The lowest BCUT2D eigenvalue weighted by Gasteiger charge is -2.42. The van der Waals surface area contributed by atoms with Gasteiger partial charge < -0.3 is 9.84 Å². The molecular weight excluding hydrogens is 264 g/mol. The van der Waals surface area contributed by atoms with Crippen LogP contribution in [0.1, 0.15) is 46.1 Å². The first kappa shape index (κ1) is 16.3. The number of rotatable bonds is 6. The fourth-order valence-corrected chi connectivity index (χ4v) is 2.64. The highest BCUT2D eigenvalue weighted by molar-refractivity contribution is 5.34. The molecule has 0 spiro atoms. The molecule has 2 N–H and O–H groups in total. The molecular formula is C17H28N2O2. The quantitative estimate of drug-likeness (QED) is 0.791. The van der Waals surface area contributed by atoms with E-state index in [1.807, 2.05) is 12.1 Å². The van der Waals surface area contributed by atoms with E-state index in [9.17, 15) is 0 Å². The molecule has 1 aliphatic rings. The van der Waals surface area contributed by atoms with Crippen molar-refractivity contribution in [1.82, 2.24) is 10.2 Å². The monoisotopic (exact) mass is 292 g/mol. The van der Waals surface area contributed by atoms with E-state index in [1.54, 1.807) is 0 Å². The summed E-state index contributed by atoms with van der Waals surface area (Å²) in [5, 5.41) is 12.2. The van der Waals surface area contributed by atoms with Crippen LogP contribution in [0.15, 0.2) is 24.3 Å². The molecule has 0 atom stereocenters. The van der Waals surface area contributed by atoms with Crippen LogP contribution in [0, 0.1) is 0 Å². The summed E-state index contributed by atoms with van der Waals surface area (Å²) in [5.41, 5.74) is 1.26. The van der Waals surface area contributed by atoms with Crippen LogP contribution in [0.2, 0.25) is 0 Å². The van der Waals surface area contributed by atoms with Crippen LogP contribution in [0.5, 0.6) is 5.75 Å². The summed E-state index contributed by atoms with van der Waals surface area (Å²) in [6.07, 6.45) is 2.04. The molecule has 0 saturated heterocycles. The van der Waals surface area contributed by atoms with Crippen molar-refractivity contribution in [2.45, 2.75) is 58.2 Å². The summed E-state index contributed by atoms with van der Waals surface area (Å²) in [6, 6.07) is 8.25. The van der Waals surface area contributed by atoms with E-state index in [-0.39, 0.29) is 17.8 Å². The van der Waals surface area contributed by atoms with Gasteiger partial charge in [0.15, 0.2) is 0 Å². The minimum absolute atomic E-state index is 0.0215. The summed E-state index contributed by atoms with van der Waals surface area (Å²) in [6.45, 7) is 10.4. The Morgan fingerprint density at radius 1 is 1.19 bits per heavy atom. The highest BCUT2D eigenvalue weighted by atomic mass is 16.5. The standard InChI is InChI=1S/C17H28N2O2/c1-16(2,18-12-20)9-10-17(3,4)19-11-14-7-5-6-8-15(14)21-13-19/h5-8,18,20H,9-13H2,1-4H3. The molecule has 4 nitrogen and oxygen atoms in total. The van der Waals surface area contributed by atoms with Crippen molar-refractivity contribution in [2.75, 3.05) is 13.5 Å². The predicted molar refractivity (Wildman–Crippen MR) is 85.1 cm³/mol. The number of hydrogen-bond donors (Lipinski definition) is 2. The Morgan fingerprint density at radius 2 is 1.90 bits per heavy atom. The third-order valence-corrected chi connectivity index (χ3v) is 4.49. The molecule has 0 aromatic heterocycles. The maximum atomic E-state index is 9.05. The molecule has 0 radical (unpaired) electrons. The average Bonchev–Trinajstić information content (AvgIpc) is 2.45. The Bertz CT molecular complexity index is 472. The van der Waals surface area contributed by atoms with Crippen molar-refractivity contribution in [3.05, 3.63) is 29.8 Å². The molecule has 1 aromatic rings. The number of benzene rings is 1. The molecule has 118 valence electrons. The first-order valence-electron chi connectivity index (χ1n) is 7.66. The van der Waals surface area contributed by atoms with Crippen LogP contribution < -0.4 is 10.1 Å². The number of aliphatic hydroxyl groups excluding tert-OH is 1. The summed E-state index contributed by atoms with van der Waals surface area (Å²) < 4.78 is 5.87. The fraction of sp³-hybridized carbons (Fsp3) is 0.647. The van der Waals surface area contributed by atoms with Crippen LogP contribution in [-0.2, 0) is 6.54 Å². The van der Waals surface area contributed by atoms with E-state index >= 15 is 0 Å². The SMILES string of the molecule is CC(C)(CCC(C)(C)N1COc2ccccc2C1)NCO. The normalized spacial score (nSPS) is 16.4. The van der Waals surface area contributed by atoms with Crippen molar-refractivity contribution >= 4 is 0 Å². The van der Waals surface area contributed by atoms with Gasteiger partial charge in [0.25, 0.3) is 0 Å². The molecule has 4 heteroatoms. The van der Waals surface area contributed by atoms with Crippen LogP contribution in [0.4, 0.5) is 0 Å². The van der Waals surface area contributed by atoms with E-state index in [1.165, 1.54) is 5.56 Å². The second-order valence-corrected chi connectivity index (χ2v) is 7.11. The van der Waals surface area contributed by atoms with Crippen molar-refractivity contribution in [1.29, 1.82) is 0 Å². The molecule has 0 fully saturated rings. The van der Waals surface area contributed by atoms with Crippen molar-refractivity contribution in [3.63, 3.8) is 0 Å². The van der Waals surface area contributed by atoms with Gasteiger partial charge in [0.05, 0.1) is 6.73 Å². The van der Waals surface area contributed by atoms with Gasteiger partial charge >= 0.3 is 0 Å². The molecule has 0 unspecified atom stereocenters. The first-order valence-corrected chi connectivity index (χ1v) is 7.66. The second kappa shape index (κ2) is 6.34. The molecule has 2 rings (SSSR count). The zero-order valence-electron chi connectivity index (χ0n) is 13.6. The van der Waals surface area contributed by atoms with Gasteiger partial charge in [0.1, 0.15) is 12.5 Å². The van der Waals surface area contributed by atoms with Gasteiger partial charge in [0, 0.05) is 23.2 Å². The highest BCUT2D eigenvalue weighted by Crippen LogP contribution is 2.32. The van der Waals surface area contributed by atoms with E-state index in [4.69, 9.17) is 9.84 Å². The molecule has 0 aliphatic carbocycles. The van der Waals surface area contributed by atoms with Gasteiger partial charge in [-0.15, -0.1) is 0 Å². The Hall–Kier alpha value is -1.10. The Balaban J connectivity index is 1.98. The summed E-state index contributed by atoms with van der Waals surface area (Å²) in [7, 11) is 0. The van der Waals surface area contributed by atoms with Crippen molar-refractivity contribution in [2.24, 2.45) is 0 Å². The van der Waals surface area contributed by atoms with E-state index in [2.05, 4.69) is 50.0 Å². The van der Waals surface area contributed by atoms with Gasteiger partial charge in [-0.25, -0.2) is 0 Å². The van der Waals surface area contributed by atoms with Gasteiger partial charge in [0.2, 0.25) is 0 Å². The minimum Gasteiger partial charge on any atom is -0.478 e. The second-order valence-electron chi connectivity index (χ2n) is 7.11. The number of nitrogens with one attached hydrogen (secondary N) is 1. The topological polar surface area (TPSA) is 44.7 Å². The predicted octanol–water partition coefficient (Wildman–Crippen LogP) is 2.72. The molecule has 1 heterocycles. The average molecular weight is 292 g/mol. The lowest BCUT2D eigenvalue weighted by atomic mass is 9.88. The van der Waals surface area contributed by atoms with Crippen molar-refractivity contribution < 1.29 is 9.84 Å².